The van der Waals surface area contributed by atoms with Crippen molar-refractivity contribution in [1.29, 1.82) is 0 Å². The molecule has 0 bridgehead atoms. The molecule has 1 aromatic heterocycles. The molecule has 9 heteroatoms. The monoisotopic (exact) mass is 361 g/mol. The van der Waals surface area contributed by atoms with Gasteiger partial charge in [-0.05, 0) is 49.4 Å². The summed E-state index contributed by atoms with van der Waals surface area (Å²) >= 11 is 0. The highest BCUT2D eigenvalue weighted by atomic mass is 35.7. The van der Waals surface area contributed by atoms with Gasteiger partial charge in [-0.2, -0.15) is 5.48 Å². The fraction of sp³-hybridized carbons (Fsp3) is 0.0833. The first-order chi connectivity index (χ1) is 10.2. The first kappa shape index (κ1) is 16.2. The van der Waals surface area contributed by atoms with Crippen LogP contribution in [0.4, 0.5) is 0 Å². The molecule has 0 radical (unpaired) electrons. The van der Waals surface area contributed by atoms with E-state index in [-0.39, 0.29) is 5.91 Å². The zero-order valence-corrected chi connectivity index (χ0v) is 13.8. The number of benzene rings is 1. The van der Waals surface area contributed by atoms with Gasteiger partial charge < -0.3 is 4.84 Å². The van der Waals surface area contributed by atoms with E-state index >= 15 is 0 Å². The molecule has 0 fully saturated rings. The Morgan fingerprint density at radius 3 is 2.67 bits per heavy atom. The summed E-state index contributed by atoms with van der Waals surface area (Å²) in [4.78, 5) is 25.8. The van der Waals surface area contributed by atoms with Gasteiger partial charge in [-0.25, -0.2) is 0 Å². The zero-order valence-electron chi connectivity index (χ0n) is 10.7. The second-order valence-electron chi connectivity index (χ2n) is 3.77. The normalized spacial score (nSPS) is 10.2. The molecule has 5 nitrogen and oxygen atoms in total. The molecule has 2 aromatic rings. The average molecular weight is 362 g/mol. The molecular formula is C12H9Cl2N3O2S2. The topological polar surface area (TPSA) is 64.1 Å². The minimum atomic E-state index is -0.337. The van der Waals surface area contributed by atoms with Crippen LogP contribution in [-0.4, -0.2) is 15.9 Å². The number of rotatable bonds is 5. The molecule has 0 aliphatic rings. The number of carbonyl (C=O) groups excluding carboxylic acids is 1. The Hall–Kier alpha value is -1.15. The maximum absolute atomic E-state index is 11.0. The van der Waals surface area contributed by atoms with Gasteiger partial charge in [-0.1, -0.05) is 6.07 Å². The number of nitrogens with one attached hydrogen (secondary N) is 1. The molecule has 0 saturated carbocycles. The summed E-state index contributed by atoms with van der Waals surface area (Å²) in [5.74, 6) is 0.0318. The highest BCUT2D eigenvalue weighted by Crippen LogP contribution is 2.45. The van der Waals surface area contributed by atoms with E-state index in [9.17, 15) is 4.79 Å². The van der Waals surface area contributed by atoms with Crippen molar-refractivity contribution in [2.45, 2.75) is 16.7 Å². The van der Waals surface area contributed by atoms with Gasteiger partial charge in [0.15, 0.2) is 5.75 Å². The Morgan fingerprint density at radius 2 is 2.10 bits per heavy atom. The van der Waals surface area contributed by atoms with Crippen LogP contribution in [0.25, 0.3) is 11.3 Å². The Balaban J connectivity index is 2.52. The molecule has 110 valence electrons. The van der Waals surface area contributed by atoms with Crippen molar-refractivity contribution in [3.8, 4) is 17.0 Å². The van der Waals surface area contributed by atoms with E-state index < -0.39 is 0 Å². The number of carbonyl (C=O) groups is 1. The van der Waals surface area contributed by atoms with Gasteiger partial charge >= 0.3 is 0 Å². The quantitative estimate of drug-likeness (QED) is 0.809. The third-order valence-corrected chi connectivity index (χ3v) is 4.38. The van der Waals surface area contributed by atoms with Gasteiger partial charge in [-0.3, -0.25) is 14.8 Å². The Bertz CT molecular complexity index is 644. The number of hydroxylamine groups is 1. The minimum Gasteiger partial charge on any atom is -0.377 e. The fourth-order valence-electron chi connectivity index (χ4n) is 1.54. The van der Waals surface area contributed by atoms with Crippen LogP contribution >= 0.6 is 43.3 Å². The molecule has 0 aliphatic heterocycles. The first-order valence-corrected chi connectivity index (χ1v) is 8.90. The summed E-state index contributed by atoms with van der Waals surface area (Å²) in [6.07, 6.45) is 4.77. The molecule has 0 aliphatic carbocycles. The van der Waals surface area contributed by atoms with E-state index in [2.05, 4.69) is 15.4 Å². The van der Waals surface area contributed by atoms with Crippen molar-refractivity contribution in [1.82, 2.24) is 15.4 Å². The van der Waals surface area contributed by atoms with E-state index in [1.165, 1.54) is 6.92 Å². The van der Waals surface area contributed by atoms with Crippen molar-refractivity contribution in [3.05, 3.63) is 30.7 Å². The molecule has 2 rings (SSSR count). The van der Waals surface area contributed by atoms with Gasteiger partial charge in [0.1, 0.15) is 0 Å². The van der Waals surface area contributed by atoms with Gasteiger partial charge in [-0.15, -0.1) is 0 Å². The maximum Gasteiger partial charge on any atom is 0.249 e. The van der Waals surface area contributed by atoms with Crippen molar-refractivity contribution >= 4 is 49.2 Å². The standard InChI is InChI=1S/C12H9Cl2N3O2S2/c1-7(18)17-19-11-10(20-13)3-2-8(12(11)21-14)9-6-15-4-5-16-9/h2-6H,1H3,(H,17,18). The number of aromatic nitrogens is 2. The van der Waals surface area contributed by atoms with Crippen LogP contribution < -0.4 is 10.3 Å². The lowest BCUT2D eigenvalue weighted by Gasteiger charge is -2.14. The molecule has 1 amide bonds. The average Bonchev–Trinajstić information content (AvgIpc) is 2.52. The number of nitrogens with zero attached hydrogens (tertiary/aromatic N) is 2. The molecule has 0 spiro atoms. The van der Waals surface area contributed by atoms with Crippen molar-refractivity contribution in [2.75, 3.05) is 0 Å². The fourth-order valence-corrected chi connectivity index (χ4v) is 3.24. The molecule has 21 heavy (non-hydrogen) atoms. The molecule has 1 heterocycles. The first-order valence-electron chi connectivity index (χ1n) is 5.61. The summed E-state index contributed by atoms with van der Waals surface area (Å²) in [7, 11) is 13.7. The van der Waals surface area contributed by atoms with Crippen molar-refractivity contribution in [3.63, 3.8) is 0 Å². The lowest BCUT2D eigenvalue weighted by Crippen LogP contribution is -2.24. The predicted molar refractivity (Wildman–Crippen MR) is 85.3 cm³/mol. The van der Waals surface area contributed by atoms with E-state index in [0.29, 0.717) is 21.2 Å². The number of halogens is 2. The van der Waals surface area contributed by atoms with Gasteiger partial charge in [0.25, 0.3) is 0 Å². The maximum atomic E-state index is 11.0. The summed E-state index contributed by atoms with van der Waals surface area (Å²) < 4.78 is 0. The largest absolute Gasteiger partial charge is 0.377 e. The van der Waals surface area contributed by atoms with Gasteiger partial charge in [0, 0.05) is 24.9 Å². The smallest absolute Gasteiger partial charge is 0.249 e. The van der Waals surface area contributed by atoms with Gasteiger partial charge in [0.05, 0.1) is 21.7 Å². The number of hydrogen-bond donors (Lipinski definition) is 1. The van der Waals surface area contributed by atoms with Crippen LogP contribution in [0.15, 0.2) is 40.5 Å². The second kappa shape index (κ2) is 7.74. The van der Waals surface area contributed by atoms with Crippen molar-refractivity contribution in [2.24, 2.45) is 0 Å². The number of hydrogen-bond acceptors (Lipinski definition) is 6. The van der Waals surface area contributed by atoms with E-state index in [1.807, 2.05) is 6.07 Å². The predicted octanol–water partition coefficient (Wildman–Crippen LogP) is 4.07. The second-order valence-corrected chi connectivity index (χ2v) is 5.86. The van der Waals surface area contributed by atoms with E-state index in [1.54, 1.807) is 24.7 Å². The van der Waals surface area contributed by atoms with Crippen LogP contribution in [0.3, 0.4) is 0 Å². The van der Waals surface area contributed by atoms with E-state index in [4.69, 9.17) is 26.2 Å². The third-order valence-electron chi connectivity index (χ3n) is 2.37. The van der Waals surface area contributed by atoms with Crippen LogP contribution in [0.2, 0.25) is 0 Å². The zero-order chi connectivity index (χ0) is 15.2. The van der Waals surface area contributed by atoms with Gasteiger partial charge in [0.2, 0.25) is 5.91 Å². The highest BCUT2D eigenvalue weighted by molar-refractivity contribution is 8.22. The summed E-state index contributed by atoms with van der Waals surface area (Å²) in [5, 5.41) is 0. The Morgan fingerprint density at radius 1 is 1.29 bits per heavy atom. The molecule has 0 unspecified atom stereocenters. The molecule has 1 aromatic carbocycles. The number of amides is 1. The Kier molecular flexibility index (Phi) is 5.98. The summed E-state index contributed by atoms with van der Waals surface area (Å²) in [6.45, 7) is 1.34. The van der Waals surface area contributed by atoms with Crippen molar-refractivity contribution < 1.29 is 9.63 Å². The summed E-state index contributed by atoms with van der Waals surface area (Å²) in [6, 6.07) is 3.58. The van der Waals surface area contributed by atoms with Crippen LogP contribution in [0.1, 0.15) is 6.92 Å². The molecule has 0 atom stereocenters. The minimum absolute atomic E-state index is 0.337. The lowest BCUT2D eigenvalue weighted by molar-refractivity contribution is -0.125. The van der Waals surface area contributed by atoms with Crippen LogP contribution in [0, 0.1) is 0 Å². The van der Waals surface area contributed by atoms with Crippen LogP contribution in [-0.2, 0) is 4.79 Å². The summed E-state index contributed by atoms with van der Waals surface area (Å²) in [5.41, 5.74) is 3.64. The molecule has 1 N–H and O–H groups in total. The highest BCUT2D eigenvalue weighted by Gasteiger charge is 2.18. The van der Waals surface area contributed by atoms with Crippen LogP contribution in [0.5, 0.6) is 5.75 Å². The third kappa shape index (κ3) is 3.94. The molecule has 0 saturated heterocycles. The van der Waals surface area contributed by atoms with E-state index in [0.717, 1.165) is 27.5 Å². The SMILES string of the molecule is CC(=O)NOc1c(SCl)ccc(-c2cnccn2)c1SCl. The molecular weight excluding hydrogens is 353 g/mol. The lowest BCUT2D eigenvalue weighted by atomic mass is 10.1. The Labute approximate surface area is 138 Å².